The first kappa shape index (κ1) is 13.3. The average Bonchev–Trinajstić information content (AvgIpc) is 2.55. The maximum atomic E-state index is 12.1. The molecule has 104 valence electrons. The first-order chi connectivity index (χ1) is 10.3. The normalized spacial score (nSPS) is 10.5. The van der Waals surface area contributed by atoms with Crippen LogP contribution < -0.4 is 5.32 Å². The summed E-state index contributed by atoms with van der Waals surface area (Å²) >= 11 is 0. The number of aromatic nitrogens is 1. The summed E-state index contributed by atoms with van der Waals surface area (Å²) in [5.74, 6) is -0.0447. The predicted molar refractivity (Wildman–Crippen MR) is 84.2 cm³/mol. The molecule has 0 fully saturated rings. The van der Waals surface area contributed by atoms with E-state index in [2.05, 4.69) is 22.4 Å². The number of pyridine rings is 1. The van der Waals surface area contributed by atoms with Crippen LogP contribution >= 0.6 is 0 Å². The molecule has 3 heteroatoms. The van der Waals surface area contributed by atoms with E-state index in [9.17, 15) is 4.79 Å². The summed E-state index contributed by atoms with van der Waals surface area (Å²) in [5, 5.41) is 3.93. The Kier molecular flexibility index (Phi) is 3.92. The Morgan fingerprint density at radius 2 is 1.86 bits per heavy atom. The van der Waals surface area contributed by atoms with E-state index < -0.39 is 0 Å². The number of benzene rings is 2. The summed E-state index contributed by atoms with van der Waals surface area (Å²) in [5.41, 5.74) is 2.79. The van der Waals surface area contributed by atoms with Crippen LogP contribution in [0.1, 0.15) is 15.9 Å². The van der Waals surface area contributed by atoms with Gasteiger partial charge in [-0.3, -0.25) is 9.78 Å². The van der Waals surface area contributed by atoms with Crippen molar-refractivity contribution in [3.8, 4) is 0 Å². The highest BCUT2D eigenvalue weighted by atomic mass is 16.1. The summed E-state index contributed by atoms with van der Waals surface area (Å²) in [4.78, 5) is 16.4. The van der Waals surface area contributed by atoms with Crippen LogP contribution in [0.3, 0.4) is 0 Å². The van der Waals surface area contributed by atoms with Crippen molar-refractivity contribution in [3.05, 3.63) is 78.0 Å². The van der Waals surface area contributed by atoms with Crippen LogP contribution in [0.4, 0.5) is 0 Å². The molecule has 3 rings (SSSR count). The van der Waals surface area contributed by atoms with E-state index in [0.29, 0.717) is 12.1 Å². The van der Waals surface area contributed by atoms with Gasteiger partial charge in [0, 0.05) is 23.7 Å². The Balaban J connectivity index is 1.64. The number of carbonyl (C=O) groups excluding carboxylic acids is 1. The standard InChI is InChI=1S/C18H16N2O/c21-18(20-12-10-14-5-2-1-3-6-14)16-8-9-17-15(13-16)7-4-11-19-17/h1-9,11,13H,10,12H2,(H,20,21). The highest BCUT2D eigenvalue weighted by molar-refractivity contribution is 5.97. The van der Waals surface area contributed by atoms with Crippen LogP contribution in [0.2, 0.25) is 0 Å². The van der Waals surface area contributed by atoms with Crippen LogP contribution in [0.25, 0.3) is 10.9 Å². The van der Waals surface area contributed by atoms with Gasteiger partial charge in [0.05, 0.1) is 5.52 Å². The van der Waals surface area contributed by atoms with Crippen molar-refractivity contribution in [1.29, 1.82) is 0 Å². The number of nitrogens with zero attached hydrogens (tertiary/aromatic N) is 1. The molecule has 2 aromatic carbocycles. The lowest BCUT2D eigenvalue weighted by Gasteiger charge is -2.06. The zero-order valence-corrected chi connectivity index (χ0v) is 11.6. The second-order valence-electron chi connectivity index (χ2n) is 4.90. The molecule has 1 N–H and O–H groups in total. The number of fused-ring (bicyclic) bond motifs is 1. The van der Waals surface area contributed by atoms with Crippen LogP contribution in [-0.2, 0) is 6.42 Å². The molecule has 0 saturated heterocycles. The van der Waals surface area contributed by atoms with Gasteiger partial charge >= 0.3 is 0 Å². The number of rotatable bonds is 4. The predicted octanol–water partition coefficient (Wildman–Crippen LogP) is 3.21. The van der Waals surface area contributed by atoms with Gasteiger partial charge in [-0.05, 0) is 36.2 Å². The molecule has 3 nitrogen and oxygen atoms in total. The van der Waals surface area contributed by atoms with Gasteiger partial charge in [0.25, 0.3) is 5.91 Å². The molecule has 0 radical (unpaired) electrons. The van der Waals surface area contributed by atoms with Crippen molar-refractivity contribution >= 4 is 16.8 Å². The Hall–Kier alpha value is -2.68. The first-order valence-electron chi connectivity index (χ1n) is 7.00. The number of nitrogens with one attached hydrogen (secondary N) is 1. The molecule has 0 unspecified atom stereocenters. The molecule has 0 spiro atoms. The molecule has 0 bridgehead atoms. The Morgan fingerprint density at radius 3 is 2.71 bits per heavy atom. The lowest BCUT2D eigenvalue weighted by Crippen LogP contribution is -2.25. The van der Waals surface area contributed by atoms with Gasteiger partial charge in [-0.1, -0.05) is 36.4 Å². The molecule has 0 atom stereocenters. The third-order valence-corrected chi connectivity index (χ3v) is 3.41. The number of carbonyl (C=O) groups is 1. The van der Waals surface area contributed by atoms with E-state index in [1.54, 1.807) is 6.20 Å². The van der Waals surface area contributed by atoms with Gasteiger partial charge in [-0.2, -0.15) is 0 Å². The molecule has 3 aromatic rings. The minimum Gasteiger partial charge on any atom is -0.352 e. The van der Waals surface area contributed by atoms with Gasteiger partial charge in [-0.15, -0.1) is 0 Å². The van der Waals surface area contributed by atoms with E-state index in [1.807, 2.05) is 48.5 Å². The number of hydrogen-bond donors (Lipinski definition) is 1. The highest BCUT2D eigenvalue weighted by Gasteiger charge is 2.06. The second kappa shape index (κ2) is 6.18. The Labute approximate surface area is 123 Å². The fourth-order valence-electron chi connectivity index (χ4n) is 2.28. The first-order valence-corrected chi connectivity index (χ1v) is 7.00. The maximum Gasteiger partial charge on any atom is 0.251 e. The van der Waals surface area contributed by atoms with E-state index >= 15 is 0 Å². The molecule has 1 aromatic heterocycles. The third kappa shape index (κ3) is 3.26. The summed E-state index contributed by atoms with van der Waals surface area (Å²) < 4.78 is 0. The van der Waals surface area contributed by atoms with Gasteiger partial charge in [0.1, 0.15) is 0 Å². The zero-order chi connectivity index (χ0) is 14.5. The molecule has 1 amide bonds. The van der Waals surface area contributed by atoms with Crippen LogP contribution in [0, 0.1) is 0 Å². The minimum atomic E-state index is -0.0447. The monoisotopic (exact) mass is 276 g/mol. The van der Waals surface area contributed by atoms with E-state index in [4.69, 9.17) is 0 Å². The summed E-state index contributed by atoms with van der Waals surface area (Å²) in [7, 11) is 0. The van der Waals surface area contributed by atoms with Crippen molar-refractivity contribution in [2.24, 2.45) is 0 Å². The minimum absolute atomic E-state index is 0.0447. The van der Waals surface area contributed by atoms with Gasteiger partial charge < -0.3 is 5.32 Å². The molecule has 0 saturated carbocycles. The van der Waals surface area contributed by atoms with Crippen molar-refractivity contribution < 1.29 is 4.79 Å². The lowest BCUT2D eigenvalue weighted by atomic mass is 10.1. The molecule has 0 aliphatic heterocycles. The third-order valence-electron chi connectivity index (χ3n) is 3.41. The second-order valence-corrected chi connectivity index (χ2v) is 4.90. The number of amides is 1. The van der Waals surface area contributed by atoms with Gasteiger partial charge in [0.15, 0.2) is 0 Å². The summed E-state index contributed by atoms with van der Waals surface area (Å²) in [6.45, 7) is 0.633. The van der Waals surface area contributed by atoms with Crippen molar-refractivity contribution in [3.63, 3.8) is 0 Å². The molecule has 21 heavy (non-hydrogen) atoms. The van der Waals surface area contributed by atoms with Gasteiger partial charge in [-0.25, -0.2) is 0 Å². The molecular weight excluding hydrogens is 260 g/mol. The van der Waals surface area contributed by atoms with E-state index in [-0.39, 0.29) is 5.91 Å². The molecule has 0 aliphatic carbocycles. The SMILES string of the molecule is O=C(NCCc1ccccc1)c1ccc2ncccc2c1. The molecule has 1 heterocycles. The fourth-order valence-corrected chi connectivity index (χ4v) is 2.28. The summed E-state index contributed by atoms with van der Waals surface area (Å²) in [6.07, 6.45) is 2.59. The quantitative estimate of drug-likeness (QED) is 0.795. The van der Waals surface area contributed by atoms with Crippen molar-refractivity contribution in [1.82, 2.24) is 10.3 Å². The largest absolute Gasteiger partial charge is 0.352 e. The highest BCUT2D eigenvalue weighted by Crippen LogP contribution is 2.13. The van der Waals surface area contributed by atoms with Gasteiger partial charge in [0.2, 0.25) is 0 Å². The molecule has 0 aliphatic rings. The average molecular weight is 276 g/mol. The van der Waals surface area contributed by atoms with Crippen LogP contribution in [0.15, 0.2) is 66.9 Å². The lowest BCUT2D eigenvalue weighted by molar-refractivity contribution is 0.0954. The van der Waals surface area contributed by atoms with E-state index in [1.165, 1.54) is 5.56 Å². The number of hydrogen-bond acceptors (Lipinski definition) is 2. The van der Waals surface area contributed by atoms with Crippen molar-refractivity contribution in [2.45, 2.75) is 6.42 Å². The van der Waals surface area contributed by atoms with E-state index in [0.717, 1.165) is 17.3 Å². The smallest absolute Gasteiger partial charge is 0.251 e. The van der Waals surface area contributed by atoms with Crippen molar-refractivity contribution in [2.75, 3.05) is 6.54 Å². The van der Waals surface area contributed by atoms with Crippen LogP contribution in [-0.4, -0.2) is 17.4 Å². The van der Waals surface area contributed by atoms with Crippen LogP contribution in [0.5, 0.6) is 0 Å². The Morgan fingerprint density at radius 1 is 1.00 bits per heavy atom. The topological polar surface area (TPSA) is 42.0 Å². The maximum absolute atomic E-state index is 12.1. The zero-order valence-electron chi connectivity index (χ0n) is 11.6. The Bertz CT molecular complexity index is 753. The fraction of sp³-hybridized carbons (Fsp3) is 0.111. The summed E-state index contributed by atoms with van der Waals surface area (Å²) in [6, 6.07) is 19.5. The molecular formula is C18H16N2O.